The summed E-state index contributed by atoms with van der Waals surface area (Å²) in [6.45, 7) is 8.25. The van der Waals surface area contributed by atoms with Gasteiger partial charge < -0.3 is 10.2 Å². The van der Waals surface area contributed by atoms with Gasteiger partial charge in [-0.05, 0) is 63.5 Å². The van der Waals surface area contributed by atoms with Crippen LogP contribution in [0.15, 0.2) is 0 Å². The van der Waals surface area contributed by atoms with Crippen molar-refractivity contribution in [3.63, 3.8) is 0 Å². The molecule has 2 atom stereocenters. The molecule has 4 bridgehead atoms. The summed E-state index contributed by atoms with van der Waals surface area (Å²) in [6.07, 6.45) is 7.27. The van der Waals surface area contributed by atoms with Crippen molar-refractivity contribution < 1.29 is 4.79 Å². The summed E-state index contributed by atoms with van der Waals surface area (Å²) >= 11 is 3.99. The molecule has 0 aliphatic heterocycles. The van der Waals surface area contributed by atoms with E-state index in [1.807, 2.05) is 0 Å². The number of hydrogen-bond donors (Lipinski definition) is 1. The van der Waals surface area contributed by atoms with E-state index in [1.54, 1.807) is 0 Å². The van der Waals surface area contributed by atoms with E-state index in [1.165, 1.54) is 19.3 Å². The molecule has 1 amide bonds. The van der Waals surface area contributed by atoms with Crippen LogP contribution in [0.1, 0.15) is 52.4 Å². The predicted octanol–water partition coefficient (Wildman–Crippen LogP) is 3.18. The molecule has 0 heterocycles. The lowest BCUT2D eigenvalue weighted by Gasteiger charge is -2.59. The Kier molecular flexibility index (Phi) is 4.39. The van der Waals surface area contributed by atoms with E-state index in [4.69, 9.17) is 0 Å². The number of nitrogens with one attached hydrogen (secondary N) is 1. The molecule has 0 saturated heterocycles. The molecule has 0 spiro atoms. The number of halogens is 1. The maximum absolute atomic E-state index is 12.8. The molecule has 120 valence electrons. The molecule has 4 rings (SSSR count). The van der Waals surface area contributed by atoms with Gasteiger partial charge in [0.1, 0.15) is 0 Å². The number of carbonyl (C=O) groups excluding carboxylic acids is 1. The van der Waals surface area contributed by atoms with Gasteiger partial charge >= 0.3 is 0 Å². The van der Waals surface area contributed by atoms with E-state index in [2.05, 4.69) is 40.0 Å². The summed E-state index contributed by atoms with van der Waals surface area (Å²) in [4.78, 5) is 15.2. The zero-order valence-electron chi connectivity index (χ0n) is 13.5. The van der Waals surface area contributed by atoms with Gasteiger partial charge in [-0.1, -0.05) is 29.8 Å². The summed E-state index contributed by atoms with van der Waals surface area (Å²) in [5.41, 5.74) is -0.0587. The fourth-order valence-electron chi connectivity index (χ4n) is 5.47. The zero-order valence-corrected chi connectivity index (χ0v) is 15.0. The molecule has 2 unspecified atom stereocenters. The highest BCUT2D eigenvalue weighted by molar-refractivity contribution is 9.10. The minimum atomic E-state index is -0.0587. The Morgan fingerprint density at radius 1 is 1.19 bits per heavy atom. The Morgan fingerprint density at radius 2 is 1.81 bits per heavy atom. The van der Waals surface area contributed by atoms with Gasteiger partial charge in [0, 0.05) is 17.4 Å². The standard InChI is InChI=1S/C17H29BrN2O/c1-3-20(4-2)6-5-19-15(21)16-8-13-7-14(9-16)11-17(18,10-13)12-16/h13-14H,3-12H2,1-2H3,(H,19,21). The molecule has 21 heavy (non-hydrogen) atoms. The average molecular weight is 357 g/mol. The van der Waals surface area contributed by atoms with E-state index < -0.39 is 0 Å². The van der Waals surface area contributed by atoms with Gasteiger partial charge in [0.25, 0.3) is 0 Å². The topological polar surface area (TPSA) is 32.3 Å². The first-order valence-corrected chi connectivity index (χ1v) is 9.47. The lowest BCUT2D eigenvalue weighted by atomic mass is 9.49. The average Bonchev–Trinajstić information content (AvgIpc) is 2.40. The summed E-state index contributed by atoms with van der Waals surface area (Å²) in [5, 5.41) is 3.25. The second-order valence-electron chi connectivity index (χ2n) is 7.68. The SMILES string of the molecule is CCN(CC)CCNC(=O)C12CC3CC(CC(Br)(C3)C1)C2. The summed E-state index contributed by atoms with van der Waals surface area (Å²) < 4.78 is 0.271. The molecule has 4 fully saturated rings. The number of likely N-dealkylation sites (N-methyl/N-ethyl adjacent to an activating group) is 1. The molecular formula is C17H29BrN2O. The van der Waals surface area contributed by atoms with E-state index >= 15 is 0 Å². The van der Waals surface area contributed by atoms with Crippen LogP contribution in [0.5, 0.6) is 0 Å². The number of nitrogens with zero attached hydrogens (tertiary/aromatic N) is 1. The highest BCUT2D eigenvalue weighted by Gasteiger charge is 2.59. The maximum atomic E-state index is 12.8. The Morgan fingerprint density at radius 3 is 2.33 bits per heavy atom. The van der Waals surface area contributed by atoms with Crippen molar-refractivity contribution >= 4 is 21.8 Å². The van der Waals surface area contributed by atoms with Crippen LogP contribution in [-0.2, 0) is 4.79 Å². The normalized spacial score (nSPS) is 40.8. The van der Waals surface area contributed by atoms with Crippen molar-refractivity contribution in [2.45, 2.75) is 56.7 Å². The third-order valence-corrected chi connectivity index (χ3v) is 7.01. The van der Waals surface area contributed by atoms with Gasteiger partial charge in [0.2, 0.25) is 5.91 Å². The van der Waals surface area contributed by atoms with Gasteiger partial charge in [-0.25, -0.2) is 0 Å². The lowest BCUT2D eigenvalue weighted by Crippen LogP contribution is -2.58. The fourth-order valence-corrected chi connectivity index (χ4v) is 6.92. The molecule has 4 heteroatoms. The zero-order chi connectivity index (χ0) is 15.1. The van der Waals surface area contributed by atoms with Crippen molar-refractivity contribution in [2.75, 3.05) is 26.2 Å². The Labute approximate surface area is 137 Å². The number of alkyl halides is 1. The van der Waals surface area contributed by atoms with Crippen molar-refractivity contribution in [2.24, 2.45) is 17.3 Å². The van der Waals surface area contributed by atoms with Gasteiger partial charge in [-0.3, -0.25) is 4.79 Å². The second-order valence-corrected chi connectivity index (χ2v) is 9.36. The first-order chi connectivity index (χ1) is 9.98. The molecule has 4 aliphatic rings. The smallest absolute Gasteiger partial charge is 0.226 e. The third kappa shape index (κ3) is 3.03. The Balaban J connectivity index is 1.59. The Hall–Kier alpha value is -0.0900. The van der Waals surface area contributed by atoms with Crippen molar-refractivity contribution in [1.29, 1.82) is 0 Å². The van der Waals surface area contributed by atoms with E-state index in [0.29, 0.717) is 5.91 Å². The van der Waals surface area contributed by atoms with Crippen LogP contribution in [0.4, 0.5) is 0 Å². The largest absolute Gasteiger partial charge is 0.354 e. The summed E-state index contributed by atoms with van der Waals surface area (Å²) in [6, 6.07) is 0. The highest BCUT2D eigenvalue weighted by Crippen LogP contribution is 2.64. The molecule has 0 radical (unpaired) electrons. The molecule has 3 nitrogen and oxygen atoms in total. The summed E-state index contributed by atoms with van der Waals surface area (Å²) in [7, 11) is 0. The fraction of sp³-hybridized carbons (Fsp3) is 0.941. The minimum Gasteiger partial charge on any atom is -0.354 e. The van der Waals surface area contributed by atoms with Crippen LogP contribution in [0.25, 0.3) is 0 Å². The number of amides is 1. The van der Waals surface area contributed by atoms with Gasteiger partial charge in [0.05, 0.1) is 5.41 Å². The maximum Gasteiger partial charge on any atom is 0.226 e. The van der Waals surface area contributed by atoms with Crippen LogP contribution < -0.4 is 5.32 Å². The molecular weight excluding hydrogens is 328 g/mol. The minimum absolute atomic E-state index is 0.0587. The van der Waals surface area contributed by atoms with Crippen molar-refractivity contribution in [3.8, 4) is 0 Å². The van der Waals surface area contributed by atoms with Gasteiger partial charge in [0.15, 0.2) is 0 Å². The molecule has 4 saturated carbocycles. The van der Waals surface area contributed by atoms with E-state index in [9.17, 15) is 4.79 Å². The van der Waals surface area contributed by atoms with Crippen molar-refractivity contribution in [1.82, 2.24) is 10.2 Å². The third-order valence-electron chi connectivity index (χ3n) is 6.08. The molecule has 4 aliphatic carbocycles. The number of hydrogen-bond acceptors (Lipinski definition) is 2. The first kappa shape index (κ1) is 15.8. The predicted molar refractivity (Wildman–Crippen MR) is 89.6 cm³/mol. The molecule has 1 N–H and O–H groups in total. The molecule has 0 aromatic rings. The number of rotatable bonds is 6. The lowest BCUT2D eigenvalue weighted by molar-refractivity contribution is -0.144. The van der Waals surface area contributed by atoms with Crippen LogP contribution in [0.2, 0.25) is 0 Å². The van der Waals surface area contributed by atoms with E-state index in [-0.39, 0.29) is 9.74 Å². The van der Waals surface area contributed by atoms with E-state index in [0.717, 1.165) is 57.3 Å². The second kappa shape index (κ2) is 5.84. The Bertz CT molecular complexity index is 394. The quantitative estimate of drug-likeness (QED) is 0.741. The monoisotopic (exact) mass is 356 g/mol. The summed E-state index contributed by atoms with van der Waals surface area (Å²) in [5.74, 6) is 1.89. The van der Waals surface area contributed by atoms with Crippen molar-refractivity contribution in [3.05, 3.63) is 0 Å². The van der Waals surface area contributed by atoms with Gasteiger partial charge in [-0.15, -0.1) is 0 Å². The number of carbonyl (C=O) groups is 1. The molecule has 0 aromatic heterocycles. The van der Waals surface area contributed by atoms with Crippen LogP contribution >= 0.6 is 15.9 Å². The highest BCUT2D eigenvalue weighted by atomic mass is 79.9. The van der Waals surface area contributed by atoms with Crippen LogP contribution in [0.3, 0.4) is 0 Å². The van der Waals surface area contributed by atoms with Crippen LogP contribution in [0, 0.1) is 17.3 Å². The van der Waals surface area contributed by atoms with Gasteiger partial charge in [-0.2, -0.15) is 0 Å². The first-order valence-electron chi connectivity index (χ1n) is 8.68. The van der Waals surface area contributed by atoms with Crippen LogP contribution in [-0.4, -0.2) is 41.3 Å². The molecule has 0 aromatic carbocycles.